The van der Waals surface area contributed by atoms with Gasteiger partial charge in [-0.15, -0.1) is 0 Å². The Morgan fingerprint density at radius 2 is 2.17 bits per heavy atom. The summed E-state index contributed by atoms with van der Waals surface area (Å²) in [4.78, 5) is 33.7. The monoisotopic (exact) mass is 275 g/mol. The van der Waals surface area contributed by atoms with Crippen molar-refractivity contribution < 1.29 is 23.9 Å². The third kappa shape index (κ3) is 5.50. The molecule has 0 unspecified atom stereocenters. The average molecular weight is 275 g/mol. The minimum atomic E-state index is -0.606. The second-order valence-corrected chi connectivity index (χ2v) is 4.75. The van der Waals surface area contributed by atoms with Gasteiger partial charge in [0.1, 0.15) is 6.04 Å². The maximum absolute atomic E-state index is 11.5. The van der Waals surface area contributed by atoms with E-state index in [9.17, 15) is 14.4 Å². The van der Waals surface area contributed by atoms with Crippen LogP contribution in [0, 0.1) is 0 Å². The zero-order valence-corrected chi connectivity index (χ0v) is 11.1. The van der Waals surface area contributed by atoms with Crippen molar-refractivity contribution in [3.63, 3.8) is 0 Å². The van der Waals surface area contributed by atoms with Crippen LogP contribution in [0.5, 0.6) is 0 Å². The van der Waals surface area contributed by atoms with Crippen LogP contribution in [0.3, 0.4) is 0 Å². The molecule has 0 aromatic carbocycles. The molecule has 1 heterocycles. The lowest BCUT2D eigenvalue weighted by molar-refractivity contribution is -0.160. The molecule has 1 aliphatic rings. The predicted octanol–water partition coefficient (Wildman–Crippen LogP) is 1.09. The van der Waals surface area contributed by atoms with Crippen molar-refractivity contribution in [2.24, 2.45) is 0 Å². The summed E-state index contributed by atoms with van der Waals surface area (Å²) in [5, 5.41) is 2.52. The topological polar surface area (TPSA) is 81.7 Å². The van der Waals surface area contributed by atoms with Gasteiger partial charge in [0, 0.05) is 5.75 Å². The van der Waals surface area contributed by atoms with Gasteiger partial charge < -0.3 is 14.8 Å². The lowest BCUT2D eigenvalue weighted by Crippen LogP contribution is -2.33. The van der Waals surface area contributed by atoms with Crippen LogP contribution in [0.25, 0.3) is 0 Å². The third-order valence-corrected chi connectivity index (χ3v) is 3.11. The van der Waals surface area contributed by atoms with E-state index in [1.165, 1.54) is 0 Å². The summed E-state index contributed by atoms with van der Waals surface area (Å²) < 4.78 is 9.35. The SMILES string of the molecule is CCOC(=O)SCCC(=O)OC(=O)[C@@H]1CCCN1. The first kappa shape index (κ1) is 15.0. The fourth-order valence-electron chi connectivity index (χ4n) is 1.50. The van der Waals surface area contributed by atoms with Crippen molar-refractivity contribution in [1.82, 2.24) is 5.32 Å². The summed E-state index contributed by atoms with van der Waals surface area (Å²) in [7, 11) is 0. The predicted molar refractivity (Wildman–Crippen MR) is 66.2 cm³/mol. The first-order valence-electron chi connectivity index (χ1n) is 5.91. The number of carbonyl (C=O) groups excluding carboxylic acids is 3. The maximum Gasteiger partial charge on any atom is 0.367 e. The Hall–Kier alpha value is -1.08. The summed E-state index contributed by atoms with van der Waals surface area (Å²) in [6, 6.07) is -0.369. The quantitative estimate of drug-likeness (QED) is 0.594. The van der Waals surface area contributed by atoms with E-state index in [-0.39, 0.29) is 18.2 Å². The molecule has 0 bridgehead atoms. The van der Waals surface area contributed by atoms with E-state index in [2.05, 4.69) is 14.8 Å². The van der Waals surface area contributed by atoms with Gasteiger partial charge in [-0.3, -0.25) is 4.79 Å². The van der Waals surface area contributed by atoms with Crippen LogP contribution in [0.1, 0.15) is 26.2 Å². The molecule has 1 atom stereocenters. The molecule has 18 heavy (non-hydrogen) atoms. The Morgan fingerprint density at radius 3 is 2.78 bits per heavy atom. The Labute approximate surface area is 110 Å². The molecular weight excluding hydrogens is 258 g/mol. The number of thioether (sulfide) groups is 1. The molecule has 1 N–H and O–H groups in total. The fraction of sp³-hybridized carbons (Fsp3) is 0.727. The van der Waals surface area contributed by atoms with Crippen molar-refractivity contribution in [3.8, 4) is 0 Å². The third-order valence-electron chi connectivity index (χ3n) is 2.35. The Bertz CT molecular complexity index is 315. The van der Waals surface area contributed by atoms with Crippen LogP contribution in [0.4, 0.5) is 4.79 Å². The van der Waals surface area contributed by atoms with Gasteiger partial charge in [0.2, 0.25) is 0 Å². The standard InChI is InChI=1S/C11H17NO5S/c1-2-16-11(15)18-7-5-9(13)17-10(14)8-4-3-6-12-8/h8,12H,2-7H2,1H3/t8-/m0/s1. The molecular formula is C11H17NO5S. The van der Waals surface area contributed by atoms with E-state index >= 15 is 0 Å². The first-order valence-corrected chi connectivity index (χ1v) is 6.89. The van der Waals surface area contributed by atoms with Crippen LogP contribution in [0.2, 0.25) is 0 Å². The van der Waals surface area contributed by atoms with E-state index in [0.29, 0.717) is 13.0 Å². The molecule has 0 spiro atoms. The van der Waals surface area contributed by atoms with Crippen molar-refractivity contribution in [1.29, 1.82) is 0 Å². The molecule has 6 nitrogen and oxygen atoms in total. The Kier molecular flexibility index (Phi) is 6.74. The van der Waals surface area contributed by atoms with Gasteiger partial charge in [0.05, 0.1) is 13.0 Å². The summed E-state index contributed by atoms with van der Waals surface area (Å²) in [5.41, 5.74) is 0. The van der Waals surface area contributed by atoms with Crippen molar-refractivity contribution in [2.45, 2.75) is 32.2 Å². The van der Waals surface area contributed by atoms with E-state index in [4.69, 9.17) is 0 Å². The van der Waals surface area contributed by atoms with Crippen LogP contribution < -0.4 is 5.32 Å². The molecule has 1 saturated heterocycles. The van der Waals surface area contributed by atoms with E-state index in [1.54, 1.807) is 6.92 Å². The molecule has 0 aromatic rings. The molecule has 0 aromatic heterocycles. The molecule has 0 saturated carbocycles. The zero-order chi connectivity index (χ0) is 13.4. The number of esters is 2. The first-order chi connectivity index (χ1) is 8.63. The lowest BCUT2D eigenvalue weighted by atomic mass is 10.2. The molecule has 1 rings (SSSR count). The highest BCUT2D eigenvalue weighted by molar-refractivity contribution is 8.13. The average Bonchev–Trinajstić information content (AvgIpc) is 2.82. The van der Waals surface area contributed by atoms with Gasteiger partial charge in [-0.1, -0.05) is 0 Å². The van der Waals surface area contributed by atoms with E-state index in [0.717, 1.165) is 24.7 Å². The smallest absolute Gasteiger partial charge is 0.367 e. The second-order valence-electron chi connectivity index (χ2n) is 3.72. The minimum absolute atomic E-state index is 0.0158. The number of ether oxygens (including phenoxy) is 2. The molecule has 7 heteroatoms. The largest absolute Gasteiger partial charge is 0.458 e. The summed E-state index contributed by atoms with van der Waals surface area (Å²) in [6.07, 6.45) is 1.62. The number of carbonyl (C=O) groups is 3. The Balaban J connectivity index is 2.13. The van der Waals surface area contributed by atoms with Gasteiger partial charge in [0.25, 0.3) is 0 Å². The maximum atomic E-state index is 11.5. The van der Waals surface area contributed by atoms with Crippen molar-refractivity contribution in [3.05, 3.63) is 0 Å². The van der Waals surface area contributed by atoms with Crippen LogP contribution in [0.15, 0.2) is 0 Å². The van der Waals surface area contributed by atoms with Gasteiger partial charge in [-0.25, -0.2) is 9.59 Å². The van der Waals surface area contributed by atoms with E-state index < -0.39 is 17.2 Å². The van der Waals surface area contributed by atoms with Crippen molar-refractivity contribution in [2.75, 3.05) is 18.9 Å². The van der Waals surface area contributed by atoms with Gasteiger partial charge >= 0.3 is 17.2 Å². The van der Waals surface area contributed by atoms with Gasteiger partial charge in [-0.2, -0.15) is 0 Å². The normalized spacial score (nSPS) is 18.4. The fourth-order valence-corrected chi connectivity index (χ4v) is 2.13. The molecule has 0 amide bonds. The number of hydrogen-bond acceptors (Lipinski definition) is 7. The van der Waals surface area contributed by atoms with Crippen molar-refractivity contribution >= 4 is 29.0 Å². The van der Waals surface area contributed by atoms with Crippen LogP contribution in [-0.2, 0) is 19.1 Å². The summed E-state index contributed by atoms with van der Waals surface area (Å²) in [6.45, 7) is 2.79. The number of hydrogen-bond donors (Lipinski definition) is 1. The van der Waals surface area contributed by atoms with Gasteiger partial charge in [-0.05, 0) is 38.1 Å². The van der Waals surface area contributed by atoms with Crippen LogP contribution >= 0.6 is 11.8 Å². The minimum Gasteiger partial charge on any atom is -0.458 e. The highest BCUT2D eigenvalue weighted by Crippen LogP contribution is 2.10. The number of rotatable bonds is 5. The zero-order valence-electron chi connectivity index (χ0n) is 10.3. The molecule has 0 aliphatic carbocycles. The van der Waals surface area contributed by atoms with Gasteiger partial charge in [0.15, 0.2) is 0 Å². The number of nitrogens with one attached hydrogen (secondary N) is 1. The summed E-state index contributed by atoms with van der Waals surface area (Å²) in [5.74, 6) is -0.882. The highest BCUT2D eigenvalue weighted by Gasteiger charge is 2.25. The lowest BCUT2D eigenvalue weighted by Gasteiger charge is -2.08. The van der Waals surface area contributed by atoms with E-state index in [1.807, 2.05) is 0 Å². The van der Waals surface area contributed by atoms with Crippen LogP contribution in [-0.4, -0.2) is 42.2 Å². The Morgan fingerprint density at radius 1 is 1.39 bits per heavy atom. The second kappa shape index (κ2) is 8.10. The highest BCUT2D eigenvalue weighted by atomic mass is 32.2. The molecule has 0 radical (unpaired) electrons. The summed E-state index contributed by atoms with van der Waals surface area (Å²) >= 11 is 0.900. The molecule has 102 valence electrons. The molecule has 1 aliphatic heterocycles. The molecule has 1 fully saturated rings.